The molecule has 0 aliphatic heterocycles. The van der Waals surface area contributed by atoms with Crippen molar-refractivity contribution in [2.45, 2.75) is 11.8 Å². The summed E-state index contributed by atoms with van der Waals surface area (Å²) in [5.41, 5.74) is 1.93. The van der Waals surface area contributed by atoms with E-state index in [2.05, 4.69) is 10.6 Å². The molecular weight excluding hydrogens is 287 g/mol. The van der Waals surface area contributed by atoms with Crippen LogP contribution in [0.2, 0.25) is 0 Å². The molecule has 0 atom stereocenters. The number of carbonyl (C=O) groups excluding carboxylic acids is 1. The van der Waals surface area contributed by atoms with Gasteiger partial charge >= 0.3 is 0 Å². The van der Waals surface area contributed by atoms with Gasteiger partial charge in [-0.05, 0) is 43.0 Å². The highest BCUT2D eigenvalue weighted by atomic mass is 32.2. The molecule has 0 radical (unpaired) electrons. The summed E-state index contributed by atoms with van der Waals surface area (Å²) in [5.74, 6) is -0.539. The molecule has 21 heavy (non-hydrogen) atoms. The van der Waals surface area contributed by atoms with Crippen LogP contribution in [0, 0.1) is 12.7 Å². The van der Waals surface area contributed by atoms with Gasteiger partial charge in [0.05, 0.1) is 6.54 Å². The molecule has 3 nitrogen and oxygen atoms in total. The molecule has 1 amide bonds. The van der Waals surface area contributed by atoms with Crippen molar-refractivity contribution < 1.29 is 9.18 Å². The molecule has 0 unspecified atom stereocenters. The Bertz CT molecular complexity index is 646. The molecule has 0 spiro atoms. The van der Waals surface area contributed by atoms with E-state index in [4.69, 9.17) is 0 Å². The molecule has 0 fully saturated rings. The van der Waals surface area contributed by atoms with Gasteiger partial charge in [0, 0.05) is 16.3 Å². The largest absolute Gasteiger partial charge is 0.375 e. The van der Waals surface area contributed by atoms with Gasteiger partial charge in [0.25, 0.3) is 0 Å². The summed E-state index contributed by atoms with van der Waals surface area (Å²) in [7, 11) is 0. The van der Waals surface area contributed by atoms with E-state index in [1.165, 1.54) is 6.07 Å². The van der Waals surface area contributed by atoms with E-state index in [0.29, 0.717) is 11.3 Å². The molecule has 0 aromatic heterocycles. The van der Waals surface area contributed by atoms with Crippen LogP contribution in [0.25, 0.3) is 0 Å². The highest BCUT2D eigenvalue weighted by Gasteiger charge is 2.06. The molecule has 2 aromatic carbocycles. The van der Waals surface area contributed by atoms with Gasteiger partial charge < -0.3 is 10.6 Å². The Kier molecular flexibility index (Phi) is 5.22. The zero-order valence-electron chi connectivity index (χ0n) is 11.9. The van der Waals surface area contributed by atoms with Gasteiger partial charge in [-0.25, -0.2) is 4.39 Å². The van der Waals surface area contributed by atoms with Gasteiger partial charge in [-0.1, -0.05) is 18.2 Å². The zero-order chi connectivity index (χ0) is 15.2. The van der Waals surface area contributed by atoms with Crippen molar-refractivity contribution >= 4 is 29.0 Å². The average molecular weight is 304 g/mol. The van der Waals surface area contributed by atoms with Crippen LogP contribution in [0.3, 0.4) is 0 Å². The number of amides is 1. The van der Waals surface area contributed by atoms with Gasteiger partial charge in [-0.15, -0.1) is 11.8 Å². The Labute approximate surface area is 127 Å². The quantitative estimate of drug-likeness (QED) is 0.823. The second-order valence-electron chi connectivity index (χ2n) is 4.57. The fourth-order valence-corrected chi connectivity index (χ4v) is 2.42. The number of halogens is 1. The molecule has 2 rings (SSSR count). The van der Waals surface area contributed by atoms with Crippen LogP contribution in [-0.4, -0.2) is 18.7 Å². The Balaban J connectivity index is 1.94. The van der Waals surface area contributed by atoms with Crippen LogP contribution in [0.4, 0.5) is 15.8 Å². The van der Waals surface area contributed by atoms with E-state index in [1.807, 2.05) is 30.5 Å². The summed E-state index contributed by atoms with van der Waals surface area (Å²) in [4.78, 5) is 13.0. The smallest absolute Gasteiger partial charge is 0.243 e. The number of benzene rings is 2. The summed E-state index contributed by atoms with van der Waals surface area (Å²) in [6.07, 6.45) is 1.98. The second-order valence-corrected chi connectivity index (χ2v) is 5.41. The Morgan fingerprint density at radius 1 is 1.24 bits per heavy atom. The Morgan fingerprint density at radius 3 is 2.71 bits per heavy atom. The van der Waals surface area contributed by atoms with Crippen molar-refractivity contribution in [3.8, 4) is 0 Å². The van der Waals surface area contributed by atoms with Crippen LogP contribution in [0.5, 0.6) is 0 Å². The summed E-state index contributed by atoms with van der Waals surface area (Å²) >= 11 is 1.61. The fourth-order valence-electron chi connectivity index (χ4n) is 1.84. The topological polar surface area (TPSA) is 41.1 Å². The maximum absolute atomic E-state index is 13.4. The second kappa shape index (κ2) is 7.13. The standard InChI is InChI=1S/C16H17FN2OS/c1-11-7-8-12(9-13(11)17)19-16(20)10-18-14-5-3-4-6-15(14)21-2/h3-9,18H,10H2,1-2H3,(H,19,20). The minimum absolute atomic E-state index is 0.132. The lowest BCUT2D eigenvalue weighted by molar-refractivity contribution is -0.114. The normalized spacial score (nSPS) is 10.2. The highest BCUT2D eigenvalue weighted by molar-refractivity contribution is 7.98. The minimum Gasteiger partial charge on any atom is -0.375 e. The number of aryl methyl sites for hydroxylation is 1. The first-order chi connectivity index (χ1) is 10.1. The van der Waals surface area contributed by atoms with Crippen molar-refractivity contribution in [1.82, 2.24) is 0 Å². The van der Waals surface area contributed by atoms with Crippen molar-refractivity contribution in [3.63, 3.8) is 0 Å². The van der Waals surface area contributed by atoms with Gasteiger partial charge in [-0.3, -0.25) is 4.79 Å². The van der Waals surface area contributed by atoms with Crippen molar-refractivity contribution in [2.75, 3.05) is 23.4 Å². The predicted octanol–water partition coefficient (Wildman–Crippen LogP) is 3.91. The molecule has 0 bridgehead atoms. The Hall–Kier alpha value is -2.01. The maximum atomic E-state index is 13.4. The third-order valence-electron chi connectivity index (χ3n) is 3.00. The van der Waals surface area contributed by atoms with Crippen molar-refractivity contribution in [1.29, 1.82) is 0 Å². The van der Waals surface area contributed by atoms with E-state index in [0.717, 1.165) is 10.6 Å². The van der Waals surface area contributed by atoms with Gasteiger partial charge in [0.2, 0.25) is 5.91 Å². The van der Waals surface area contributed by atoms with E-state index < -0.39 is 0 Å². The number of carbonyl (C=O) groups is 1. The summed E-state index contributed by atoms with van der Waals surface area (Å²) < 4.78 is 13.4. The molecule has 0 saturated carbocycles. The first-order valence-corrected chi connectivity index (χ1v) is 7.75. The van der Waals surface area contributed by atoms with Crippen LogP contribution in [-0.2, 0) is 4.79 Å². The monoisotopic (exact) mass is 304 g/mol. The minimum atomic E-state index is -0.325. The lowest BCUT2D eigenvalue weighted by Gasteiger charge is -2.11. The number of hydrogen-bond acceptors (Lipinski definition) is 3. The molecule has 2 N–H and O–H groups in total. The molecule has 2 aromatic rings. The number of rotatable bonds is 5. The lowest BCUT2D eigenvalue weighted by atomic mass is 10.2. The maximum Gasteiger partial charge on any atom is 0.243 e. The summed E-state index contributed by atoms with van der Waals surface area (Å²) in [6.45, 7) is 1.81. The first-order valence-electron chi connectivity index (χ1n) is 6.53. The van der Waals surface area contributed by atoms with Gasteiger partial charge in [-0.2, -0.15) is 0 Å². The van der Waals surface area contributed by atoms with Crippen molar-refractivity contribution in [2.24, 2.45) is 0 Å². The van der Waals surface area contributed by atoms with Gasteiger partial charge in [0.1, 0.15) is 5.82 Å². The first kappa shape index (κ1) is 15.4. The van der Waals surface area contributed by atoms with E-state index in [1.54, 1.807) is 30.8 Å². The van der Waals surface area contributed by atoms with E-state index in [9.17, 15) is 9.18 Å². The molecule has 0 saturated heterocycles. The molecule has 5 heteroatoms. The Morgan fingerprint density at radius 2 is 2.00 bits per heavy atom. The van der Waals surface area contributed by atoms with Crippen LogP contribution < -0.4 is 10.6 Å². The summed E-state index contributed by atoms with van der Waals surface area (Å²) in [5, 5.41) is 5.75. The third kappa shape index (κ3) is 4.23. The summed E-state index contributed by atoms with van der Waals surface area (Å²) in [6, 6.07) is 12.4. The lowest BCUT2D eigenvalue weighted by Crippen LogP contribution is -2.22. The van der Waals surface area contributed by atoms with E-state index >= 15 is 0 Å². The SMILES string of the molecule is CSc1ccccc1NCC(=O)Nc1ccc(C)c(F)c1. The zero-order valence-corrected chi connectivity index (χ0v) is 12.8. The predicted molar refractivity (Wildman–Crippen MR) is 86.5 cm³/mol. The third-order valence-corrected chi connectivity index (χ3v) is 3.80. The number of nitrogens with one attached hydrogen (secondary N) is 2. The number of hydrogen-bond donors (Lipinski definition) is 2. The molecule has 0 aliphatic rings. The molecule has 110 valence electrons. The van der Waals surface area contributed by atoms with Crippen LogP contribution in [0.1, 0.15) is 5.56 Å². The average Bonchev–Trinajstić information content (AvgIpc) is 2.49. The fraction of sp³-hybridized carbons (Fsp3) is 0.188. The van der Waals surface area contributed by atoms with Gasteiger partial charge in [0.15, 0.2) is 0 Å². The molecular formula is C16H17FN2OS. The number of para-hydroxylation sites is 1. The number of thioether (sulfide) groups is 1. The van der Waals surface area contributed by atoms with Crippen LogP contribution >= 0.6 is 11.8 Å². The number of anilines is 2. The van der Waals surface area contributed by atoms with Crippen LogP contribution in [0.15, 0.2) is 47.4 Å². The molecule has 0 heterocycles. The van der Waals surface area contributed by atoms with Crippen molar-refractivity contribution in [3.05, 3.63) is 53.8 Å². The highest BCUT2D eigenvalue weighted by Crippen LogP contribution is 2.24. The molecule has 0 aliphatic carbocycles. The van der Waals surface area contributed by atoms with E-state index in [-0.39, 0.29) is 18.3 Å².